The molecule has 1 saturated heterocycles. The maximum absolute atomic E-state index is 6.25. The number of nitrogens with zero attached hydrogens (tertiary/aromatic N) is 2. The van der Waals surface area contributed by atoms with Crippen molar-refractivity contribution in [3.8, 4) is 17.0 Å². The number of aryl methyl sites for hydroxylation is 1. The van der Waals surface area contributed by atoms with E-state index in [0.717, 1.165) is 17.7 Å². The summed E-state index contributed by atoms with van der Waals surface area (Å²) < 4.78 is 7.36. The number of fused-ring (bicyclic) bond motifs is 4. The average Bonchev–Trinajstić information content (AvgIpc) is 2.83. The quantitative estimate of drug-likeness (QED) is 0.921. The largest absolute Gasteiger partial charge is 0.497 e. The van der Waals surface area contributed by atoms with Crippen LogP contribution in [-0.4, -0.2) is 22.9 Å². The summed E-state index contributed by atoms with van der Waals surface area (Å²) in [7, 11) is 3.69. The van der Waals surface area contributed by atoms with E-state index >= 15 is 0 Å². The van der Waals surface area contributed by atoms with Crippen molar-refractivity contribution in [3.63, 3.8) is 0 Å². The van der Waals surface area contributed by atoms with Crippen molar-refractivity contribution in [2.75, 3.05) is 7.11 Å². The van der Waals surface area contributed by atoms with E-state index in [9.17, 15) is 0 Å². The van der Waals surface area contributed by atoms with E-state index < -0.39 is 0 Å². The number of benzene rings is 1. The van der Waals surface area contributed by atoms with Gasteiger partial charge in [0.25, 0.3) is 0 Å². The van der Waals surface area contributed by atoms with Crippen LogP contribution in [-0.2, 0) is 13.5 Å². The van der Waals surface area contributed by atoms with Crippen LogP contribution in [0.3, 0.4) is 0 Å². The number of halogens is 1. The normalized spacial score (nSPS) is 23.2. The van der Waals surface area contributed by atoms with Gasteiger partial charge in [0.1, 0.15) is 5.75 Å². The standard InChI is InChI=1S/C17H20ClN3O/c1-21-17(10-6-11(18)8-13(7-10)22-2)14-9-12-4-3-5-15(19-12)16(14)20-21/h6-8,12,15,19H,3-5,9H2,1-2H3. The summed E-state index contributed by atoms with van der Waals surface area (Å²) in [4.78, 5) is 0. The smallest absolute Gasteiger partial charge is 0.121 e. The van der Waals surface area contributed by atoms with Crippen LogP contribution < -0.4 is 10.1 Å². The molecule has 116 valence electrons. The third-order valence-corrected chi connectivity index (χ3v) is 5.04. The highest BCUT2D eigenvalue weighted by Gasteiger charge is 2.34. The zero-order chi connectivity index (χ0) is 15.3. The van der Waals surface area contributed by atoms with E-state index in [1.54, 1.807) is 7.11 Å². The molecule has 3 heterocycles. The number of hydrogen-bond donors (Lipinski definition) is 1. The lowest BCUT2D eigenvalue weighted by molar-refractivity contribution is 0.297. The second-order valence-electron chi connectivity index (χ2n) is 6.27. The minimum Gasteiger partial charge on any atom is -0.497 e. The lowest BCUT2D eigenvalue weighted by Crippen LogP contribution is -2.42. The molecule has 2 aliphatic heterocycles. The van der Waals surface area contributed by atoms with Crippen LogP contribution in [0.2, 0.25) is 5.02 Å². The van der Waals surface area contributed by atoms with Crippen LogP contribution in [0.4, 0.5) is 0 Å². The molecule has 22 heavy (non-hydrogen) atoms. The van der Waals surface area contributed by atoms with Gasteiger partial charge in [0, 0.05) is 29.2 Å². The Morgan fingerprint density at radius 3 is 3.00 bits per heavy atom. The fraction of sp³-hybridized carbons (Fsp3) is 0.471. The summed E-state index contributed by atoms with van der Waals surface area (Å²) in [5.74, 6) is 0.784. The summed E-state index contributed by atoms with van der Waals surface area (Å²) >= 11 is 6.25. The van der Waals surface area contributed by atoms with Gasteiger partial charge in [-0.25, -0.2) is 0 Å². The first-order valence-corrected chi connectivity index (χ1v) is 8.20. The van der Waals surface area contributed by atoms with Crippen LogP contribution in [0.15, 0.2) is 18.2 Å². The molecule has 4 nitrogen and oxygen atoms in total. The number of piperidine rings is 1. The molecule has 1 N–H and O–H groups in total. The molecule has 2 aromatic rings. The molecule has 0 aliphatic carbocycles. The van der Waals surface area contributed by atoms with Crippen molar-refractivity contribution in [1.29, 1.82) is 0 Å². The number of hydrogen-bond acceptors (Lipinski definition) is 3. The number of rotatable bonds is 2. The van der Waals surface area contributed by atoms with E-state index in [1.165, 1.54) is 36.2 Å². The predicted octanol–water partition coefficient (Wildman–Crippen LogP) is 3.49. The van der Waals surface area contributed by atoms with Gasteiger partial charge in [-0.05, 0) is 43.9 Å². The Balaban J connectivity index is 1.86. The Bertz CT molecular complexity index is 725. The molecule has 0 saturated carbocycles. The summed E-state index contributed by atoms with van der Waals surface area (Å²) in [5.41, 5.74) is 4.85. The lowest BCUT2D eigenvalue weighted by Gasteiger charge is -2.35. The number of nitrogens with one attached hydrogen (secondary N) is 1. The molecular formula is C17H20ClN3O. The molecule has 4 rings (SSSR count). The Kier molecular flexibility index (Phi) is 3.39. The van der Waals surface area contributed by atoms with Crippen molar-refractivity contribution >= 4 is 11.6 Å². The van der Waals surface area contributed by atoms with E-state index in [-0.39, 0.29) is 0 Å². The molecule has 1 fully saturated rings. The molecule has 2 unspecified atom stereocenters. The number of aromatic nitrogens is 2. The summed E-state index contributed by atoms with van der Waals surface area (Å²) in [6.07, 6.45) is 4.77. The Hall–Kier alpha value is -1.52. The lowest BCUT2D eigenvalue weighted by atomic mass is 9.84. The summed E-state index contributed by atoms with van der Waals surface area (Å²) in [5, 5.41) is 9.20. The van der Waals surface area contributed by atoms with Crippen molar-refractivity contribution in [1.82, 2.24) is 15.1 Å². The van der Waals surface area contributed by atoms with E-state index in [0.29, 0.717) is 17.1 Å². The van der Waals surface area contributed by atoms with E-state index in [4.69, 9.17) is 21.4 Å². The molecule has 1 aromatic carbocycles. The summed E-state index contributed by atoms with van der Waals surface area (Å²) in [6, 6.07) is 6.86. The summed E-state index contributed by atoms with van der Waals surface area (Å²) in [6.45, 7) is 0. The fourth-order valence-corrected chi connectivity index (χ4v) is 4.12. The molecule has 5 heteroatoms. The Morgan fingerprint density at radius 1 is 1.32 bits per heavy atom. The molecule has 0 radical (unpaired) electrons. The van der Waals surface area contributed by atoms with Crippen LogP contribution >= 0.6 is 11.6 Å². The molecule has 2 bridgehead atoms. The average molecular weight is 318 g/mol. The number of ether oxygens (including phenoxy) is 1. The second kappa shape index (κ2) is 5.28. The topological polar surface area (TPSA) is 39.1 Å². The predicted molar refractivity (Wildman–Crippen MR) is 87.4 cm³/mol. The Morgan fingerprint density at radius 2 is 2.18 bits per heavy atom. The van der Waals surface area contributed by atoms with Crippen molar-refractivity contribution in [2.24, 2.45) is 7.05 Å². The first-order chi connectivity index (χ1) is 10.7. The van der Waals surface area contributed by atoms with E-state index in [1.807, 2.05) is 29.9 Å². The zero-order valence-corrected chi connectivity index (χ0v) is 13.7. The van der Waals surface area contributed by atoms with Gasteiger partial charge >= 0.3 is 0 Å². The van der Waals surface area contributed by atoms with Crippen LogP contribution in [0.25, 0.3) is 11.3 Å². The number of methoxy groups -OCH3 is 1. The van der Waals surface area contributed by atoms with Crippen LogP contribution in [0.1, 0.15) is 36.6 Å². The molecule has 2 aliphatic rings. The van der Waals surface area contributed by atoms with Gasteiger partial charge in [-0.2, -0.15) is 5.10 Å². The molecule has 0 spiro atoms. The van der Waals surface area contributed by atoms with Crippen LogP contribution in [0.5, 0.6) is 5.75 Å². The second-order valence-corrected chi connectivity index (χ2v) is 6.70. The van der Waals surface area contributed by atoms with Gasteiger partial charge in [-0.3, -0.25) is 4.68 Å². The third kappa shape index (κ3) is 2.22. The van der Waals surface area contributed by atoms with Crippen molar-refractivity contribution in [3.05, 3.63) is 34.5 Å². The Labute approximate surface area is 135 Å². The minimum absolute atomic E-state index is 0.406. The van der Waals surface area contributed by atoms with Gasteiger partial charge in [0.2, 0.25) is 0 Å². The molecular weight excluding hydrogens is 298 g/mol. The van der Waals surface area contributed by atoms with Gasteiger partial charge in [-0.15, -0.1) is 0 Å². The monoisotopic (exact) mass is 317 g/mol. The highest BCUT2D eigenvalue weighted by Crippen LogP contribution is 2.39. The van der Waals surface area contributed by atoms with Crippen molar-refractivity contribution in [2.45, 2.75) is 37.8 Å². The molecule has 1 aromatic heterocycles. The highest BCUT2D eigenvalue weighted by molar-refractivity contribution is 6.31. The van der Waals surface area contributed by atoms with E-state index in [2.05, 4.69) is 5.32 Å². The SMILES string of the molecule is COc1cc(Cl)cc(-c2c3c(nn2C)C2CCCC(C3)N2)c1. The fourth-order valence-electron chi connectivity index (χ4n) is 3.89. The van der Waals surface area contributed by atoms with Gasteiger partial charge < -0.3 is 10.1 Å². The third-order valence-electron chi connectivity index (χ3n) is 4.82. The van der Waals surface area contributed by atoms with Crippen LogP contribution in [0, 0.1) is 0 Å². The zero-order valence-electron chi connectivity index (χ0n) is 12.9. The van der Waals surface area contributed by atoms with Gasteiger partial charge in [0.15, 0.2) is 0 Å². The van der Waals surface area contributed by atoms with Gasteiger partial charge in [0.05, 0.1) is 24.5 Å². The molecule has 0 amide bonds. The maximum atomic E-state index is 6.25. The molecule has 2 atom stereocenters. The minimum atomic E-state index is 0.406. The maximum Gasteiger partial charge on any atom is 0.121 e. The first kappa shape index (κ1) is 14.1. The van der Waals surface area contributed by atoms with Gasteiger partial charge in [-0.1, -0.05) is 11.6 Å². The highest BCUT2D eigenvalue weighted by atomic mass is 35.5. The first-order valence-electron chi connectivity index (χ1n) is 7.82. The van der Waals surface area contributed by atoms with Crippen molar-refractivity contribution < 1.29 is 4.74 Å².